The largest absolute Gasteiger partial charge is 0.506 e. The zero-order valence-electron chi connectivity index (χ0n) is 25.9. The Morgan fingerprint density at radius 3 is 2.02 bits per heavy atom. The van der Waals surface area contributed by atoms with E-state index in [9.17, 15) is 30.4 Å². The quantitative estimate of drug-likeness (QED) is 0.0869. The van der Waals surface area contributed by atoms with Crippen LogP contribution in [0.15, 0.2) is 62.5 Å². The number of phenolic OH excluding ortho intramolecular Hbond substituents is 1. The molecule has 15 heteroatoms. The highest BCUT2D eigenvalue weighted by Gasteiger charge is 2.24. The molecule has 0 aliphatic carbocycles. The molecule has 0 fully saturated rings. The lowest BCUT2D eigenvalue weighted by Gasteiger charge is -2.15. The molecule has 5 N–H and O–H groups in total. The third kappa shape index (κ3) is 10.7. The first-order valence-corrected chi connectivity index (χ1v) is 19.9. The van der Waals surface area contributed by atoms with Crippen molar-refractivity contribution in [2.45, 2.75) is 87.8 Å². The molecule has 0 bridgehead atoms. The van der Waals surface area contributed by atoms with Crippen molar-refractivity contribution in [3.05, 3.63) is 48.0 Å². The minimum absolute atomic E-state index is 0.0218. The van der Waals surface area contributed by atoms with Gasteiger partial charge in [-0.2, -0.15) is 5.11 Å². The first-order valence-electron chi connectivity index (χ1n) is 15.0. The lowest BCUT2D eigenvalue weighted by molar-refractivity contribution is 0.464. The molecule has 3 rings (SSSR count). The number of primary sulfonamides is 1. The molecule has 0 saturated heterocycles. The van der Waals surface area contributed by atoms with Crippen molar-refractivity contribution in [1.82, 2.24) is 4.72 Å². The number of benzene rings is 3. The molecule has 0 radical (unpaired) electrons. The number of anilines is 1. The summed E-state index contributed by atoms with van der Waals surface area (Å²) >= 11 is 0. The highest BCUT2D eigenvalue weighted by atomic mass is 32.2. The van der Waals surface area contributed by atoms with Crippen LogP contribution in [0.5, 0.6) is 5.75 Å². The van der Waals surface area contributed by atoms with Gasteiger partial charge in [-0.3, -0.25) is 4.72 Å². The predicted octanol–water partition coefficient (Wildman–Crippen LogP) is 6.49. The minimum atomic E-state index is -4.21. The number of azo groups is 1. The summed E-state index contributed by atoms with van der Waals surface area (Å²) in [5.41, 5.74) is 0.457. The van der Waals surface area contributed by atoms with Crippen LogP contribution in [-0.2, 0) is 30.1 Å². The highest BCUT2D eigenvalue weighted by Crippen LogP contribution is 2.43. The number of hydrogen-bond donors (Lipinski definition) is 4. The molecule has 0 aliphatic heterocycles. The fourth-order valence-corrected chi connectivity index (χ4v) is 7.53. The Hall–Kier alpha value is -3.11. The smallest absolute Gasteiger partial charge is 0.244 e. The Morgan fingerprint density at radius 1 is 0.800 bits per heavy atom. The van der Waals surface area contributed by atoms with Crippen LogP contribution in [0.2, 0.25) is 0 Å². The van der Waals surface area contributed by atoms with Crippen LogP contribution in [0.3, 0.4) is 0 Å². The molecule has 0 unspecified atom stereocenters. The summed E-state index contributed by atoms with van der Waals surface area (Å²) in [5, 5.41) is 24.8. The number of phenols is 1. The van der Waals surface area contributed by atoms with Gasteiger partial charge >= 0.3 is 0 Å². The van der Waals surface area contributed by atoms with Gasteiger partial charge in [0.1, 0.15) is 10.6 Å². The molecular weight excluding hydrogens is 639 g/mol. The van der Waals surface area contributed by atoms with Crippen molar-refractivity contribution in [2.24, 2.45) is 15.4 Å². The van der Waals surface area contributed by atoms with Crippen LogP contribution in [0, 0.1) is 6.92 Å². The second-order valence-corrected chi connectivity index (χ2v) is 16.1. The number of aromatic hydroxyl groups is 1. The van der Waals surface area contributed by atoms with E-state index in [0.717, 1.165) is 31.6 Å². The van der Waals surface area contributed by atoms with E-state index in [2.05, 4.69) is 26.6 Å². The summed E-state index contributed by atoms with van der Waals surface area (Å²) in [6.45, 7) is 3.93. The van der Waals surface area contributed by atoms with Gasteiger partial charge in [-0.05, 0) is 43.2 Å². The summed E-state index contributed by atoms with van der Waals surface area (Å²) in [4.78, 5) is -0.616. The number of sulfonamides is 3. The third-order valence-corrected chi connectivity index (χ3v) is 10.4. The predicted molar refractivity (Wildman–Crippen MR) is 178 cm³/mol. The molecule has 45 heavy (non-hydrogen) atoms. The Morgan fingerprint density at radius 2 is 1.42 bits per heavy atom. The molecule has 3 aromatic rings. The molecular formula is C30H43N5O7S3. The Bertz CT molecular complexity index is 1840. The molecule has 0 saturated carbocycles. The molecule has 3 aromatic carbocycles. The van der Waals surface area contributed by atoms with Gasteiger partial charge in [0.2, 0.25) is 30.1 Å². The lowest BCUT2D eigenvalue weighted by Crippen LogP contribution is -2.25. The SMILES string of the molecule is CCCCCCCCCCCCNS(=O)(=O)c1cc(N=Nc2ccc(C)c(S(N)(=O)=O)c2)c2c(NS(C)(=O)=O)cccc2c1O. The standard InChI is InChI=1S/C30H43N5O7S3/c1-4-5-6-7-8-9-10-11-12-13-19-32-45(41,42)28-21-26(34-33-23-18-17-22(2)27(20-23)44(31,39)40)29-24(30(28)36)15-14-16-25(29)35-43(3,37)38/h14-18,20-21,32,35-36H,4-13,19H2,1-3H3,(H2,31,39,40). The van der Waals surface area contributed by atoms with Crippen LogP contribution < -0.4 is 14.6 Å². The molecule has 0 amide bonds. The van der Waals surface area contributed by atoms with E-state index in [1.165, 1.54) is 74.9 Å². The van der Waals surface area contributed by atoms with Crippen LogP contribution in [0.4, 0.5) is 17.1 Å². The molecule has 0 atom stereocenters. The number of aryl methyl sites for hydroxylation is 1. The van der Waals surface area contributed by atoms with E-state index >= 15 is 0 Å². The fraction of sp³-hybridized carbons (Fsp3) is 0.467. The maximum absolute atomic E-state index is 13.4. The van der Waals surface area contributed by atoms with Crippen molar-refractivity contribution < 1.29 is 30.4 Å². The summed E-state index contributed by atoms with van der Waals surface area (Å²) in [7, 11) is -12.0. The van der Waals surface area contributed by atoms with Gasteiger partial charge in [-0.15, -0.1) is 5.11 Å². The van der Waals surface area contributed by atoms with Gasteiger partial charge in [0.05, 0.1) is 28.2 Å². The average molecular weight is 682 g/mol. The zero-order valence-corrected chi connectivity index (χ0v) is 28.4. The Kier molecular flexibility index (Phi) is 12.9. The highest BCUT2D eigenvalue weighted by molar-refractivity contribution is 7.92. The molecule has 0 spiro atoms. The number of fused-ring (bicyclic) bond motifs is 1. The van der Waals surface area contributed by atoms with E-state index in [4.69, 9.17) is 5.14 Å². The number of nitrogens with zero attached hydrogens (tertiary/aromatic N) is 2. The number of unbranched alkanes of at least 4 members (excludes halogenated alkanes) is 9. The normalized spacial score (nSPS) is 12.7. The van der Waals surface area contributed by atoms with Crippen molar-refractivity contribution in [3.63, 3.8) is 0 Å². The summed E-state index contributed by atoms with van der Waals surface area (Å²) in [6, 6.07) is 9.64. The van der Waals surface area contributed by atoms with Gasteiger partial charge in [0, 0.05) is 17.3 Å². The first kappa shape index (κ1) is 36.4. The summed E-state index contributed by atoms with van der Waals surface area (Å²) < 4.78 is 79.7. The second kappa shape index (κ2) is 15.9. The number of rotatable bonds is 18. The molecule has 0 aromatic heterocycles. The maximum atomic E-state index is 13.4. The van der Waals surface area contributed by atoms with Gasteiger partial charge in [0.15, 0.2) is 0 Å². The summed E-state index contributed by atoms with van der Waals surface area (Å²) in [5.74, 6) is -0.580. The summed E-state index contributed by atoms with van der Waals surface area (Å²) in [6.07, 6.45) is 11.9. The van der Waals surface area contributed by atoms with Gasteiger partial charge in [-0.1, -0.05) is 82.9 Å². The average Bonchev–Trinajstić information content (AvgIpc) is 2.95. The molecule has 0 aliphatic rings. The van der Waals surface area contributed by atoms with Crippen molar-refractivity contribution in [3.8, 4) is 5.75 Å². The number of hydrogen-bond acceptors (Lipinski definition) is 9. The second-order valence-electron chi connectivity index (χ2n) is 11.1. The van der Waals surface area contributed by atoms with Crippen LogP contribution in [0.1, 0.15) is 76.7 Å². The van der Waals surface area contributed by atoms with Gasteiger partial charge in [-0.25, -0.2) is 35.1 Å². The molecule has 12 nitrogen and oxygen atoms in total. The van der Waals surface area contributed by atoms with E-state index in [0.29, 0.717) is 12.0 Å². The number of nitrogens with one attached hydrogen (secondary N) is 2. The van der Waals surface area contributed by atoms with E-state index in [-0.39, 0.29) is 39.3 Å². The Balaban J connectivity index is 1.90. The van der Waals surface area contributed by atoms with Crippen LogP contribution >= 0.6 is 0 Å². The Labute approximate surface area is 266 Å². The van der Waals surface area contributed by atoms with Crippen molar-refractivity contribution in [1.29, 1.82) is 0 Å². The van der Waals surface area contributed by atoms with E-state index in [1.54, 1.807) is 6.92 Å². The van der Waals surface area contributed by atoms with Crippen LogP contribution in [0.25, 0.3) is 10.8 Å². The monoisotopic (exact) mass is 681 g/mol. The van der Waals surface area contributed by atoms with Crippen molar-refractivity contribution in [2.75, 3.05) is 17.5 Å². The maximum Gasteiger partial charge on any atom is 0.244 e. The molecule has 0 heterocycles. The van der Waals surface area contributed by atoms with Gasteiger partial charge < -0.3 is 5.11 Å². The lowest BCUT2D eigenvalue weighted by atomic mass is 10.1. The topological polar surface area (TPSA) is 197 Å². The van der Waals surface area contributed by atoms with E-state index < -0.39 is 40.7 Å². The van der Waals surface area contributed by atoms with E-state index in [1.807, 2.05) is 0 Å². The van der Waals surface area contributed by atoms with Crippen LogP contribution in [-0.4, -0.2) is 43.2 Å². The van der Waals surface area contributed by atoms with Gasteiger partial charge in [0.25, 0.3) is 0 Å². The third-order valence-electron chi connectivity index (χ3n) is 7.24. The zero-order chi connectivity index (χ0) is 33.3. The minimum Gasteiger partial charge on any atom is -0.506 e. The molecule has 248 valence electrons. The van der Waals surface area contributed by atoms with Crippen molar-refractivity contribution >= 4 is 57.9 Å². The fourth-order valence-electron chi connectivity index (χ4n) is 4.96. The number of nitrogens with two attached hydrogens (primary N) is 1. The first-order chi connectivity index (χ1) is 21.1.